The van der Waals surface area contributed by atoms with Gasteiger partial charge in [0.05, 0.1) is 10.2 Å². The maximum atomic E-state index is 12.0. The predicted octanol–water partition coefficient (Wildman–Crippen LogP) is 3.67. The van der Waals surface area contributed by atoms with Gasteiger partial charge in [-0.15, -0.1) is 11.3 Å². The first kappa shape index (κ1) is 9.97. The highest BCUT2D eigenvalue weighted by Crippen LogP contribution is 2.31. The molecule has 0 atom stereocenters. The highest BCUT2D eigenvalue weighted by atomic mass is 32.1. The zero-order valence-corrected chi connectivity index (χ0v) is 9.80. The maximum Gasteiger partial charge on any atom is 0.191 e. The topological polar surface area (TPSA) is 30.0 Å². The molecule has 1 aromatic heterocycles. The van der Waals surface area contributed by atoms with Crippen molar-refractivity contribution in [3.05, 3.63) is 29.3 Å². The number of Topliss-reactive ketones (excluding diaryl/α,β-unsaturated/α-hetero) is 1. The lowest BCUT2D eigenvalue weighted by molar-refractivity contribution is 0.0936. The van der Waals surface area contributed by atoms with Crippen molar-refractivity contribution in [3.8, 4) is 0 Å². The molecule has 3 rings (SSSR count). The number of carbonyl (C=O) groups is 1. The number of rotatable bonds is 3. The molecule has 16 heavy (non-hydrogen) atoms. The zero-order valence-electron chi connectivity index (χ0n) is 8.98. The van der Waals surface area contributed by atoms with Crippen LogP contribution in [0.4, 0.5) is 0 Å². The number of benzene rings is 1. The molecule has 0 aliphatic heterocycles. The van der Waals surface area contributed by atoms with Gasteiger partial charge in [-0.05, 0) is 30.9 Å². The van der Waals surface area contributed by atoms with Crippen LogP contribution in [0.2, 0.25) is 0 Å². The summed E-state index contributed by atoms with van der Waals surface area (Å²) in [6.45, 7) is 0. The molecule has 0 N–H and O–H groups in total. The van der Waals surface area contributed by atoms with Gasteiger partial charge in [-0.2, -0.15) is 0 Å². The van der Waals surface area contributed by atoms with Crippen molar-refractivity contribution in [2.75, 3.05) is 0 Å². The molecule has 1 aliphatic rings. The lowest BCUT2D eigenvalue weighted by Crippen LogP contribution is -2.15. The number of thiazole rings is 1. The summed E-state index contributed by atoms with van der Waals surface area (Å²) in [4.78, 5) is 16.4. The molecule has 0 amide bonds. The highest BCUT2D eigenvalue weighted by Gasteiger charge is 2.22. The Balaban J connectivity index is 1.84. The smallest absolute Gasteiger partial charge is 0.191 e. The van der Waals surface area contributed by atoms with Crippen molar-refractivity contribution in [3.63, 3.8) is 0 Å². The van der Waals surface area contributed by atoms with Crippen molar-refractivity contribution < 1.29 is 4.79 Å². The van der Waals surface area contributed by atoms with E-state index in [0.717, 1.165) is 10.2 Å². The van der Waals surface area contributed by atoms with Gasteiger partial charge in [0.2, 0.25) is 0 Å². The third-order valence-electron chi connectivity index (χ3n) is 3.23. The largest absolute Gasteiger partial charge is 0.292 e. The van der Waals surface area contributed by atoms with Crippen molar-refractivity contribution in [1.82, 2.24) is 4.98 Å². The van der Waals surface area contributed by atoms with Crippen LogP contribution in [0.3, 0.4) is 0 Å². The third kappa shape index (κ3) is 1.76. The van der Waals surface area contributed by atoms with E-state index in [4.69, 9.17) is 0 Å². The van der Waals surface area contributed by atoms with Gasteiger partial charge in [0, 0.05) is 6.42 Å². The van der Waals surface area contributed by atoms with Crippen LogP contribution in [0.25, 0.3) is 10.2 Å². The summed E-state index contributed by atoms with van der Waals surface area (Å²) in [6, 6.07) is 7.93. The molecule has 0 spiro atoms. The van der Waals surface area contributed by atoms with E-state index >= 15 is 0 Å². The number of hydrogen-bond donors (Lipinski definition) is 0. The van der Waals surface area contributed by atoms with Gasteiger partial charge in [0.25, 0.3) is 0 Å². The van der Waals surface area contributed by atoms with Gasteiger partial charge in [0.1, 0.15) is 0 Å². The number of ketones is 1. The van der Waals surface area contributed by atoms with E-state index in [1.165, 1.54) is 30.6 Å². The molecule has 1 fully saturated rings. The first-order chi connectivity index (χ1) is 7.83. The fraction of sp³-hybridized carbons (Fsp3) is 0.385. The monoisotopic (exact) mass is 231 g/mol. The van der Waals surface area contributed by atoms with Crippen LogP contribution in [0.1, 0.15) is 35.5 Å². The van der Waals surface area contributed by atoms with Gasteiger partial charge in [0.15, 0.2) is 10.8 Å². The molecule has 1 saturated carbocycles. The number of para-hydroxylation sites is 1. The lowest BCUT2D eigenvalue weighted by Gasteiger charge is -2.23. The first-order valence-corrected chi connectivity index (χ1v) is 6.53. The van der Waals surface area contributed by atoms with E-state index < -0.39 is 0 Å². The van der Waals surface area contributed by atoms with Crippen molar-refractivity contribution in [1.29, 1.82) is 0 Å². The minimum atomic E-state index is 0.228. The molecule has 3 heteroatoms. The summed E-state index contributed by atoms with van der Waals surface area (Å²) in [6.07, 6.45) is 4.42. The van der Waals surface area contributed by atoms with Crippen molar-refractivity contribution in [2.45, 2.75) is 25.7 Å². The van der Waals surface area contributed by atoms with Crippen LogP contribution < -0.4 is 0 Å². The predicted molar refractivity (Wildman–Crippen MR) is 65.9 cm³/mol. The minimum absolute atomic E-state index is 0.228. The fourth-order valence-electron chi connectivity index (χ4n) is 2.04. The molecule has 1 heterocycles. The number of fused-ring (bicyclic) bond motifs is 1. The van der Waals surface area contributed by atoms with Crippen LogP contribution in [0.5, 0.6) is 0 Å². The Hall–Kier alpha value is -1.22. The number of hydrogen-bond acceptors (Lipinski definition) is 3. The molecule has 0 radical (unpaired) electrons. The standard InChI is InChI=1S/C13H13NOS/c15-11(8-9-4-3-5-9)13-14-10-6-1-2-7-12(10)16-13/h1-2,6-7,9H,3-5,8H2. The molecule has 2 nitrogen and oxygen atoms in total. The Morgan fingerprint density at radius 1 is 1.38 bits per heavy atom. The van der Waals surface area contributed by atoms with Crippen molar-refractivity contribution in [2.24, 2.45) is 5.92 Å². The van der Waals surface area contributed by atoms with E-state index in [-0.39, 0.29) is 5.78 Å². The zero-order chi connectivity index (χ0) is 11.0. The van der Waals surface area contributed by atoms with Crippen LogP contribution in [-0.4, -0.2) is 10.8 Å². The lowest BCUT2D eigenvalue weighted by atomic mass is 9.82. The molecule has 1 aromatic carbocycles. The second kappa shape index (κ2) is 3.98. The second-order valence-electron chi connectivity index (χ2n) is 4.41. The number of aromatic nitrogens is 1. The number of carbonyl (C=O) groups excluding carboxylic acids is 1. The van der Waals surface area contributed by atoms with Gasteiger partial charge in [-0.3, -0.25) is 4.79 Å². The molecule has 82 valence electrons. The Morgan fingerprint density at radius 2 is 2.19 bits per heavy atom. The maximum absolute atomic E-state index is 12.0. The molecule has 1 aliphatic carbocycles. The van der Waals surface area contributed by atoms with Gasteiger partial charge >= 0.3 is 0 Å². The van der Waals surface area contributed by atoms with Crippen LogP contribution in [-0.2, 0) is 0 Å². The summed E-state index contributed by atoms with van der Waals surface area (Å²) < 4.78 is 1.11. The molecule has 0 saturated heterocycles. The Bertz CT molecular complexity index is 494. The normalized spacial score (nSPS) is 16.2. The van der Waals surface area contributed by atoms with Crippen molar-refractivity contribution >= 4 is 27.3 Å². The van der Waals surface area contributed by atoms with E-state index in [9.17, 15) is 4.79 Å². The Labute approximate surface area is 98.3 Å². The quantitative estimate of drug-likeness (QED) is 0.754. The summed E-state index contributed by atoms with van der Waals surface area (Å²) in [5, 5.41) is 0.688. The van der Waals surface area contributed by atoms with Crippen LogP contribution >= 0.6 is 11.3 Å². The summed E-state index contributed by atoms with van der Waals surface area (Å²) in [5.41, 5.74) is 0.949. The van der Waals surface area contributed by atoms with E-state index in [2.05, 4.69) is 4.98 Å². The third-order valence-corrected chi connectivity index (χ3v) is 4.31. The minimum Gasteiger partial charge on any atom is -0.292 e. The fourth-order valence-corrected chi connectivity index (χ4v) is 2.95. The number of nitrogens with zero attached hydrogens (tertiary/aromatic N) is 1. The van der Waals surface area contributed by atoms with Gasteiger partial charge < -0.3 is 0 Å². The summed E-state index contributed by atoms with van der Waals surface area (Å²) in [5.74, 6) is 0.852. The summed E-state index contributed by atoms with van der Waals surface area (Å²) >= 11 is 1.52. The Morgan fingerprint density at radius 3 is 2.88 bits per heavy atom. The molecular weight excluding hydrogens is 218 g/mol. The van der Waals surface area contributed by atoms with Gasteiger partial charge in [-0.25, -0.2) is 4.98 Å². The second-order valence-corrected chi connectivity index (χ2v) is 5.44. The molecule has 2 aromatic rings. The van der Waals surface area contributed by atoms with Crippen LogP contribution in [0, 0.1) is 5.92 Å². The summed E-state index contributed by atoms with van der Waals surface area (Å²) in [7, 11) is 0. The van der Waals surface area contributed by atoms with Gasteiger partial charge in [-0.1, -0.05) is 18.6 Å². The van der Waals surface area contributed by atoms with Crippen LogP contribution in [0.15, 0.2) is 24.3 Å². The SMILES string of the molecule is O=C(CC1CCC1)c1nc2ccccc2s1. The highest BCUT2D eigenvalue weighted by molar-refractivity contribution is 7.20. The average molecular weight is 231 g/mol. The molecule has 0 bridgehead atoms. The van der Waals surface area contributed by atoms with E-state index in [1.807, 2.05) is 24.3 Å². The average Bonchev–Trinajstić information content (AvgIpc) is 2.66. The first-order valence-electron chi connectivity index (χ1n) is 5.72. The molecular formula is C13H13NOS. The Kier molecular flexibility index (Phi) is 2.48. The van der Waals surface area contributed by atoms with E-state index in [0.29, 0.717) is 17.3 Å². The molecule has 0 unspecified atom stereocenters. The van der Waals surface area contributed by atoms with E-state index in [1.54, 1.807) is 0 Å².